The van der Waals surface area contributed by atoms with Crippen LogP contribution >= 0.6 is 33.9 Å². The first kappa shape index (κ1) is 12.2. The summed E-state index contributed by atoms with van der Waals surface area (Å²) in [5.41, 5.74) is 1.13. The van der Waals surface area contributed by atoms with E-state index in [0.717, 1.165) is 12.0 Å². The van der Waals surface area contributed by atoms with Crippen molar-refractivity contribution < 1.29 is 4.79 Å². The number of halogens is 1. The Balaban J connectivity index is 2.52. The highest BCUT2D eigenvalue weighted by molar-refractivity contribution is 14.1. The average Bonchev–Trinajstić information content (AvgIpc) is 2.46. The first-order chi connectivity index (χ1) is 6.38. The van der Waals surface area contributed by atoms with Gasteiger partial charge in [0.05, 0.1) is 2.88 Å². The lowest BCUT2D eigenvalue weighted by molar-refractivity contribution is 0.0966. The van der Waals surface area contributed by atoms with E-state index in [1.54, 1.807) is 11.3 Å². The Morgan fingerprint density at radius 2 is 2.14 bits per heavy atom. The second kappa shape index (κ2) is 4.75. The highest BCUT2D eigenvalue weighted by Gasteiger charge is 2.14. The molecule has 14 heavy (non-hydrogen) atoms. The SMILES string of the molecule is CC(C)(C)CCC(=O)c1csc(I)c1. The summed E-state index contributed by atoms with van der Waals surface area (Å²) in [7, 11) is 0. The molecular formula is C11H15IOS. The summed E-state index contributed by atoms with van der Waals surface area (Å²) in [6.07, 6.45) is 1.62. The number of hydrogen-bond acceptors (Lipinski definition) is 2. The predicted octanol–water partition coefficient (Wildman–Crippen LogP) is 4.36. The second-order valence-electron chi connectivity index (χ2n) is 4.62. The van der Waals surface area contributed by atoms with Crippen LogP contribution in [0, 0.1) is 8.30 Å². The molecule has 3 heteroatoms. The van der Waals surface area contributed by atoms with Gasteiger partial charge >= 0.3 is 0 Å². The van der Waals surface area contributed by atoms with Gasteiger partial charge in [-0.25, -0.2) is 0 Å². The molecule has 0 N–H and O–H groups in total. The van der Waals surface area contributed by atoms with Crippen molar-refractivity contribution in [1.82, 2.24) is 0 Å². The van der Waals surface area contributed by atoms with Crippen LogP contribution < -0.4 is 0 Å². The second-order valence-corrected chi connectivity index (χ2v) is 7.43. The van der Waals surface area contributed by atoms with Crippen molar-refractivity contribution in [2.24, 2.45) is 5.41 Å². The maximum atomic E-state index is 11.7. The van der Waals surface area contributed by atoms with E-state index in [2.05, 4.69) is 43.4 Å². The van der Waals surface area contributed by atoms with Crippen molar-refractivity contribution in [3.8, 4) is 0 Å². The Hall–Kier alpha value is 0.1000. The van der Waals surface area contributed by atoms with E-state index in [1.165, 1.54) is 2.88 Å². The predicted molar refractivity (Wildman–Crippen MR) is 70.1 cm³/mol. The van der Waals surface area contributed by atoms with E-state index in [1.807, 2.05) is 11.4 Å². The minimum absolute atomic E-state index is 0.249. The summed E-state index contributed by atoms with van der Waals surface area (Å²) in [6.45, 7) is 6.49. The molecule has 0 aliphatic carbocycles. The molecule has 0 aromatic carbocycles. The van der Waals surface area contributed by atoms with E-state index in [4.69, 9.17) is 0 Å². The van der Waals surface area contributed by atoms with Gasteiger partial charge in [0.2, 0.25) is 0 Å². The van der Waals surface area contributed by atoms with Gasteiger partial charge in [-0.3, -0.25) is 4.79 Å². The van der Waals surface area contributed by atoms with Crippen LogP contribution in [-0.4, -0.2) is 5.78 Å². The molecule has 78 valence electrons. The zero-order valence-corrected chi connectivity index (χ0v) is 11.7. The number of rotatable bonds is 3. The van der Waals surface area contributed by atoms with Gasteiger partial charge in [0.15, 0.2) is 5.78 Å². The third-order valence-corrected chi connectivity index (χ3v) is 3.78. The van der Waals surface area contributed by atoms with E-state index in [9.17, 15) is 4.79 Å². The molecule has 0 aliphatic rings. The van der Waals surface area contributed by atoms with Crippen molar-refractivity contribution >= 4 is 39.7 Å². The zero-order chi connectivity index (χ0) is 10.8. The summed E-state index contributed by atoms with van der Waals surface area (Å²) in [4.78, 5) is 11.7. The Morgan fingerprint density at radius 1 is 1.50 bits per heavy atom. The molecule has 0 bridgehead atoms. The van der Waals surface area contributed by atoms with E-state index in [0.29, 0.717) is 6.42 Å². The Labute approximate surface area is 103 Å². The quantitative estimate of drug-likeness (QED) is 0.597. The van der Waals surface area contributed by atoms with Crippen LogP contribution in [0.5, 0.6) is 0 Å². The molecular weight excluding hydrogens is 307 g/mol. The smallest absolute Gasteiger partial charge is 0.163 e. The summed E-state index contributed by atoms with van der Waals surface area (Å²) in [6, 6.07) is 1.97. The molecule has 0 amide bonds. The van der Waals surface area contributed by atoms with Gasteiger partial charge in [0.25, 0.3) is 0 Å². The number of thiophene rings is 1. The van der Waals surface area contributed by atoms with Crippen LogP contribution in [0.1, 0.15) is 44.0 Å². The van der Waals surface area contributed by atoms with Gasteiger partial charge < -0.3 is 0 Å². The number of hydrogen-bond donors (Lipinski definition) is 0. The Kier molecular flexibility index (Phi) is 4.13. The minimum Gasteiger partial charge on any atom is -0.294 e. The lowest BCUT2D eigenvalue weighted by Gasteiger charge is -2.16. The number of ketones is 1. The molecule has 1 aromatic heterocycles. The normalized spacial score (nSPS) is 11.7. The van der Waals surface area contributed by atoms with E-state index in [-0.39, 0.29) is 11.2 Å². The number of Topliss-reactive ketones (excluding diaryl/α,β-unsaturated/α-hetero) is 1. The van der Waals surface area contributed by atoms with Gasteiger partial charge in [0, 0.05) is 17.4 Å². The molecule has 1 rings (SSSR count). The van der Waals surface area contributed by atoms with Crippen molar-refractivity contribution in [3.63, 3.8) is 0 Å². The third-order valence-electron chi connectivity index (χ3n) is 1.99. The van der Waals surface area contributed by atoms with Gasteiger partial charge in [0.1, 0.15) is 0 Å². The molecule has 1 nitrogen and oxygen atoms in total. The summed E-state index contributed by atoms with van der Waals surface area (Å²) in [5, 5.41) is 1.95. The molecule has 0 unspecified atom stereocenters. The lowest BCUT2D eigenvalue weighted by atomic mass is 9.89. The third kappa shape index (κ3) is 4.09. The highest BCUT2D eigenvalue weighted by atomic mass is 127. The summed E-state index contributed by atoms with van der Waals surface area (Å²) in [5.74, 6) is 0.277. The molecule has 0 fully saturated rings. The highest BCUT2D eigenvalue weighted by Crippen LogP contribution is 2.23. The van der Waals surface area contributed by atoms with Crippen molar-refractivity contribution in [2.45, 2.75) is 33.6 Å². The molecule has 1 aromatic rings. The molecule has 0 radical (unpaired) electrons. The molecule has 0 saturated carbocycles. The van der Waals surface area contributed by atoms with Crippen molar-refractivity contribution in [2.75, 3.05) is 0 Å². The minimum atomic E-state index is 0.249. The fourth-order valence-corrected chi connectivity index (χ4v) is 2.44. The molecule has 0 saturated heterocycles. The van der Waals surface area contributed by atoms with Crippen LogP contribution in [-0.2, 0) is 0 Å². The monoisotopic (exact) mass is 322 g/mol. The van der Waals surface area contributed by atoms with Gasteiger partial charge in [-0.2, -0.15) is 0 Å². The van der Waals surface area contributed by atoms with Crippen LogP contribution in [0.25, 0.3) is 0 Å². The Morgan fingerprint density at radius 3 is 2.57 bits per heavy atom. The van der Waals surface area contributed by atoms with Gasteiger partial charge in [-0.05, 0) is 40.5 Å². The van der Waals surface area contributed by atoms with E-state index >= 15 is 0 Å². The van der Waals surface area contributed by atoms with Crippen LogP contribution in [0.4, 0.5) is 0 Å². The maximum Gasteiger partial charge on any atom is 0.163 e. The van der Waals surface area contributed by atoms with Crippen molar-refractivity contribution in [1.29, 1.82) is 0 Å². The Bertz CT molecular complexity index is 322. The number of carbonyl (C=O) groups is 1. The standard InChI is InChI=1S/C11H15IOS/c1-11(2,3)5-4-9(13)8-6-10(12)14-7-8/h6-7H,4-5H2,1-3H3. The largest absolute Gasteiger partial charge is 0.294 e. The zero-order valence-electron chi connectivity index (χ0n) is 8.76. The molecule has 0 atom stereocenters. The first-order valence-electron chi connectivity index (χ1n) is 4.66. The fraction of sp³-hybridized carbons (Fsp3) is 0.545. The fourth-order valence-electron chi connectivity index (χ4n) is 1.09. The van der Waals surface area contributed by atoms with Crippen LogP contribution in [0.15, 0.2) is 11.4 Å². The summed E-state index contributed by atoms with van der Waals surface area (Å²) < 4.78 is 1.18. The average molecular weight is 322 g/mol. The van der Waals surface area contributed by atoms with Crippen LogP contribution in [0.3, 0.4) is 0 Å². The lowest BCUT2D eigenvalue weighted by Crippen LogP contribution is -2.08. The maximum absolute atomic E-state index is 11.7. The molecule has 1 heterocycles. The summed E-state index contributed by atoms with van der Waals surface area (Å²) >= 11 is 3.88. The van der Waals surface area contributed by atoms with Gasteiger partial charge in [-0.15, -0.1) is 11.3 Å². The molecule has 0 spiro atoms. The van der Waals surface area contributed by atoms with Crippen molar-refractivity contribution in [3.05, 3.63) is 19.9 Å². The first-order valence-corrected chi connectivity index (χ1v) is 6.61. The molecule has 0 aliphatic heterocycles. The number of carbonyl (C=O) groups excluding carboxylic acids is 1. The van der Waals surface area contributed by atoms with Crippen LogP contribution in [0.2, 0.25) is 0 Å². The van der Waals surface area contributed by atoms with Gasteiger partial charge in [-0.1, -0.05) is 20.8 Å². The van der Waals surface area contributed by atoms with E-state index < -0.39 is 0 Å². The topological polar surface area (TPSA) is 17.1 Å².